The van der Waals surface area contributed by atoms with Crippen molar-refractivity contribution >= 4 is 11.9 Å². The largest absolute Gasteiger partial charge is 0.479 e. The normalized spacial score (nSPS) is 13.7. The maximum absolute atomic E-state index is 13.1. The number of carboxylic acid groups (broad SMARTS) is 1. The van der Waals surface area contributed by atoms with Gasteiger partial charge in [-0.1, -0.05) is 0 Å². The number of halogens is 1. The zero-order valence-electron chi connectivity index (χ0n) is 10.0. The molecule has 0 aliphatic carbocycles. The Balaban J connectivity index is 3.20. The lowest BCUT2D eigenvalue weighted by molar-refractivity contribution is -0.153. The van der Waals surface area contributed by atoms with E-state index in [1.54, 1.807) is 6.92 Å². The van der Waals surface area contributed by atoms with E-state index in [9.17, 15) is 24.2 Å². The molecule has 2 atom stereocenters. The lowest BCUT2D eigenvalue weighted by Crippen LogP contribution is -2.29. The van der Waals surface area contributed by atoms with Crippen molar-refractivity contribution in [3.8, 4) is 0 Å². The highest BCUT2D eigenvalue weighted by atomic mass is 19.1. The van der Waals surface area contributed by atoms with Gasteiger partial charge in [0.25, 0.3) is 0 Å². The molecule has 0 aliphatic rings. The number of aliphatic hydroxyl groups excluding tert-OH is 2. The van der Waals surface area contributed by atoms with Gasteiger partial charge in [-0.3, -0.25) is 0 Å². The summed E-state index contributed by atoms with van der Waals surface area (Å²) in [4.78, 5) is 22.2. The van der Waals surface area contributed by atoms with E-state index in [4.69, 9.17) is 9.84 Å². The Morgan fingerprint density at radius 1 is 1.37 bits per heavy atom. The summed E-state index contributed by atoms with van der Waals surface area (Å²) in [5.74, 6) is -3.31. The SMILES string of the molecule is CCOC(=O)c1ccc(F)cc1C(O)C(O)C(=O)O. The van der Waals surface area contributed by atoms with E-state index in [1.807, 2.05) is 0 Å². The topological polar surface area (TPSA) is 104 Å². The molecule has 0 saturated carbocycles. The maximum Gasteiger partial charge on any atom is 0.338 e. The Bertz CT molecular complexity index is 487. The van der Waals surface area contributed by atoms with Gasteiger partial charge in [0.1, 0.15) is 11.9 Å². The molecular formula is C12H13FO6. The molecule has 0 saturated heterocycles. The third-order valence-electron chi connectivity index (χ3n) is 2.38. The monoisotopic (exact) mass is 272 g/mol. The molecule has 0 spiro atoms. The van der Waals surface area contributed by atoms with E-state index in [2.05, 4.69) is 0 Å². The van der Waals surface area contributed by atoms with Gasteiger partial charge in [0.2, 0.25) is 0 Å². The Kier molecular flexibility index (Phi) is 4.96. The lowest BCUT2D eigenvalue weighted by Gasteiger charge is -2.17. The number of aliphatic hydroxyl groups is 2. The molecular weight excluding hydrogens is 259 g/mol. The number of hydrogen-bond donors (Lipinski definition) is 3. The van der Waals surface area contributed by atoms with Gasteiger partial charge in [-0.25, -0.2) is 14.0 Å². The lowest BCUT2D eigenvalue weighted by atomic mass is 9.98. The summed E-state index contributed by atoms with van der Waals surface area (Å²) < 4.78 is 17.8. The van der Waals surface area contributed by atoms with Crippen LogP contribution in [0.5, 0.6) is 0 Å². The van der Waals surface area contributed by atoms with E-state index in [0.29, 0.717) is 0 Å². The van der Waals surface area contributed by atoms with Gasteiger partial charge in [-0.15, -0.1) is 0 Å². The van der Waals surface area contributed by atoms with E-state index < -0.39 is 30.0 Å². The van der Waals surface area contributed by atoms with Crippen LogP contribution in [0, 0.1) is 5.82 Å². The molecule has 1 aromatic carbocycles. The van der Waals surface area contributed by atoms with Crippen LogP contribution in [0.3, 0.4) is 0 Å². The molecule has 1 rings (SSSR count). The molecule has 104 valence electrons. The quantitative estimate of drug-likeness (QED) is 0.673. The summed E-state index contributed by atoms with van der Waals surface area (Å²) in [5, 5.41) is 27.5. The van der Waals surface area contributed by atoms with Gasteiger partial charge in [-0.05, 0) is 25.1 Å². The first-order valence-corrected chi connectivity index (χ1v) is 5.44. The summed E-state index contributed by atoms with van der Waals surface area (Å²) in [6.07, 6.45) is -4.11. The molecule has 7 heteroatoms. The molecule has 0 amide bonds. The first-order chi connectivity index (χ1) is 8.88. The number of ether oxygens (including phenoxy) is 1. The number of aliphatic carboxylic acids is 1. The van der Waals surface area contributed by atoms with E-state index in [1.165, 1.54) is 0 Å². The Labute approximate surface area is 108 Å². The van der Waals surface area contributed by atoms with Crippen LogP contribution in [0.1, 0.15) is 28.9 Å². The van der Waals surface area contributed by atoms with Crippen LogP contribution in [-0.2, 0) is 9.53 Å². The summed E-state index contributed by atoms with van der Waals surface area (Å²) >= 11 is 0. The minimum Gasteiger partial charge on any atom is -0.479 e. The van der Waals surface area contributed by atoms with E-state index >= 15 is 0 Å². The van der Waals surface area contributed by atoms with Crippen LogP contribution in [0.4, 0.5) is 4.39 Å². The fraction of sp³-hybridized carbons (Fsp3) is 0.333. The van der Waals surface area contributed by atoms with Crippen molar-refractivity contribution in [2.75, 3.05) is 6.61 Å². The predicted octanol–water partition coefficient (Wildman–Crippen LogP) is 0.481. The van der Waals surface area contributed by atoms with Gasteiger partial charge in [0.05, 0.1) is 12.2 Å². The third kappa shape index (κ3) is 3.49. The van der Waals surface area contributed by atoms with Crippen molar-refractivity contribution in [1.82, 2.24) is 0 Å². The van der Waals surface area contributed by atoms with Crippen molar-refractivity contribution in [3.63, 3.8) is 0 Å². The van der Waals surface area contributed by atoms with Gasteiger partial charge < -0.3 is 20.1 Å². The summed E-state index contributed by atoms with van der Waals surface area (Å²) in [5.41, 5.74) is -0.538. The summed E-state index contributed by atoms with van der Waals surface area (Å²) in [6, 6.07) is 2.80. The van der Waals surface area contributed by atoms with Crippen molar-refractivity contribution < 1.29 is 34.0 Å². The molecule has 0 radical (unpaired) electrons. The molecule has 0 fully saturated rings. The number of carbonyl (C=O) groups excluding carboxylic acids is 1. The number of hydrogen-bond acceptors (Lipinski definition) is 5. The Morgan fingerprint density at radius 2 is 2.00 bits per heavy atom. The van der Waals surface area contributed by atoms with Crippen molar-refractivity contribution in [1.29, 1.82) is 0 Å². The fourth-order valence-electron chi connectivity index (χ4n) is 1.48. The second-order valence-electron chi connectivity index (χ2n) is 3.68. The van der Waals surface area contributed by atoms with E-state index in [-0.39, 0.29) is 17.7 Å². The first kappa shape index (κ1) is 15.1. The smallest absolute Gasteiger partial charge is 0.338 e. The average Bonchev–Trinajstić information content (AvgIpc) is 2.36. The second-order valence-corrected chi connectivity index (χ2v) is 3.68. The molecule has 0 aromatic heterocycles. The number of benzene rings is 1. The molecule has 6 nitrogen and oxygen atoms in total. The number of carboxylic acids is 1. The molecule has 3 N–H and O–H groups in total. The fourth-order valence-corrected chi connectivity index (χ4v) is 1.48. The molecule has 2 unspecified atom stereocenters. The minimum atomic E-state index is -2.17. The Hall–Kier alpha value is -1.99. The number of esters is 1. The molecule has 1 aromatic rings. The van der Waals surface area contributed by atoms with Crippen LogP contribution in [0.15, 0.2) is 18.2 Å². The molecule has 0 bridgehead atoms. The zero-order chi connectivity index (χ0) is 14.6. The highest BCUT2D eigenvalue weighted by Crippen LogP contribution is 2.23. The van der Waals surface area contributed by atoms with E-state index in [0.717, 1.165) is 18.2 Å². The molecule has 19 heavy (non-hydrogen) atoms. The van der Waals surface area contributed by atoms with Crippen LogP contribution < -0.4 is 0 Å². The van der Waals surface area contributed by atoms with Gasteiger partial charge in [-0.2, -0.15) is 0 Å². The zero-order valence-corrected chi connectivity index (χ0v) is 10.0. The standard InChI is InChI=1S/C12H13FO6/c1-2-19-12(18)7-4-3-6(13)5-8(7)9(14)10(15)11(16)17/h3-5,9-10,14-15H,2H2,1H3,(H,16,17). The van der Waals surface area contributed by atoms with Gasteiger partial charge in [0, 0.05) is 5.56 Å². The van der Waals surface area contributed by atoms with Crippen molar-refractivity contribution in [2.24, 2.45) is 0 Å². The molecule has 0 heterocycles. The maximum atomic E-state index is 13.1. The minimum absolute atomic E-state index is 0.0627. The highest BCUT2D eigenvalue weighted by Gasteiger charge is 2.29. The summed E-state index contributed by atoms with van der Waals surface area (Å²) in [7, 11) is 0. The van der Waals surface area contributed by atoms with Gasteiger partial charge >= 0.3 is 11.9 Å². The van der Waals surface area contributed by atoms with Crippen molar-refractivity contribution in [3.05, 3.63) is 35.1 Å². The van der Waals surface area contributed by atoms with Crippen LogP contribution >= 0.6 is 0 Å². The van der Waals surface area contributed by atoms with Gasteiger partial charge in [0.15, 0.2) is 6.10 Å². The first-order valence-electron chi connectivity index (χ1n) is 5.44. The predicted molar refractivity (Wildman–Crippen MR) is 61.0 cm³/mol. The third-order valence-corrected chi connectivity index (χ3v) is 2.38. The van der Waals surface area contributed by atoms with Crippen LogP contribution in [0.2, 0.25) is 0 Å². The Morgan fingerprint density at radius 3 is 2.53 bits per heavy atom. The number of rotatable bonds is 5. The summed E-state index contributed by atoms with van der Waals surface area (Å²) in [6.45, 7) is 1.62. The van der Waals surface area contributed by atoms with Crippen molar-refractivity contribution in [2.45, 2.75) is 19.1 Å². The number of carbonyl (C=O) groups is 2. The average molecular weight is 272 g/mol. The van der Waals surface area contributed by atoms with Crippen LogP contribution in [-0.4, -0.2) is 40.0 Å². The molecule has 0 aliphatic heterocycles. The highest BCUT2D eigenvalue weighted by molar-refractivity contribution is 5.91. The van der Waals surface area contributed by atoms with Crippen LogP contribution in [0.25, 0.3) is 0 Å². The second kappa shape index (κ2) is 6.26.